The van der Waals surface area contributed by atoms with Crippen molar-refractivity contribution in [2.24, 2.45) is 0 Å². The van der Waals surface area contributed by atoms with Crippen LogP contribution in [0.3, 0.4) is 0 Å². The SMILES string of the molecule is COc1ccc(OC)c2[nH]c(-c3cccnc3)nc12. The Morgan fingerprint density at radius 2 is 1.84 bits per heavy atom. The third-order valence-electron chi connectivity index (χ3n) is 2.94. The first kappa shape index (κ1) is 11.5. The summed E-state index contributed by atoms with van der Waals surface area (Å²) in [4.78, 5) is 11.9. The van der Waals surface area contributed by atoms with Gasteiger partial charge in [-0.3, -0.25) is 4.98 Å². The van der Waals surface area contributed by atoms with Crippen LogP contribution in [0, 0.1) is 0 Å². The number of ether oxygens (including phenoxy) is 2. The van der Waals surface area contributed by atoms with Gasteiger partial charge in [-0.25, -0.2) is 4.98 Å². The van der Waals surface area contributed by atoms with Crippen molar-refractivity contribution in [2.45, 2.75) is 0 Å². The van der Waals surface area contributed by atoms with Gasteiger partial charge in [0.15, 0.2) is 0 Å². The number of fused-ring (bicyclic) bond motifs is 1. The van der Waals surface area contributed by atoms with Crippen LogP contribution >= 0.6 is 0 Å². The van der Waals surface area contributed by atoms with Crippen LogP contribution in [0.5, 0.6) is 11.5 Å². The van der Waals surface area contributed by atoms with Gasteiger partial charge in [-0.15, -0.1) is 0 Å². The summed E-state index contributed by atoms with van der Waals surface area (Å²) in [6.45, 7) is 0. The molecule has 0 amide bonds. The average molecular weight is 255 g/mol. The summed E-state index contributed by atoms with van der Waals surface area (Å²) < 4.78 is 10.7. The van der Waals surface area contributed by atoms with Gasteiger partial charge >= 0.3 is 0 Å². The van der Waals surface area contributed by atoms with Crippen LogP contribution in [0.15, 0.2) is 36.7 Å². The molecule has 0 fully saturated rings. The van der Waals surface area contributed by atoms with Gasteiger partial charge in [0, 0.05) is 18.0 Å². The number of hydrogen-bond donors (Lipinski definition) is 1. The van der Waals surface area contributed by atoms with Crippen molar-refractivity contribution >= 4 is 11.0 Å². The Kier molecular flexibility index (Phi) is 2.79. The van der Waals surface area contributed by atoms with Crippen molar-refractivity contribution in [1.29, 1.82) is 0 Å². The number of nitrogens with zero attached hydrogens (tertiary/aromatic N) is 2. The molecule has 2 aromatic heterocycles. The van der Waals surface area contributed by atoms with Crippen molar-refractivity contribution in [3.05, 3.63) is 36.7 Å². The summed E-state index contributed by atoms with van der Waals surface area (Å²) in [5.41, 5.74) is 2.49. The summed E-state index contributed by atoms with van der Waals surface area (Å²) in [5.74, 6) is 2.19. The van der Waals surface area contributed by atoms with Crippen LogP contribution in [0.25, 0.3) is 22.4 Å². The first-order chi connectivity index (χ1) is 9.33. The highest BCUT2D eigenvalue weighted by Gasteiger charge is 2.13. The van der Waals surface area contributed by atoms with E-state index in [1.54, 1.807) is 26.6 Å². The molecule has 5 heteroatoms. The van der Waals surface area contributed by atoms with Gasteiger partial charge in [0.05, 0.1) is 14.2 Å². The zero-order chi connectivity index (χ0) is 13.2. The minimum absolute atomic E-state index is 0.710. The summed E-state index contributed by atoms with van der Waals surface area (Å²) in [6, 6.07) is 7.52. The Balaban J connectivity index is 2.24. The number of benzene rings is 1. The fourth-order valence-electron chi connectivity index (χ4n) is 2.02. The molecule has 0 saturated heterocycles. The number of nitrogens with one attached hydrogen (secondary N) is 1. The van der Waals surface area contributed by atoms with Crippen LogP contribution in [0.4, 0.5) is 0 Å². The van der Waals surface area contributed by atoms with E-state index in [-0.39, 0.29) is 0 Å². The molecule has 0 atom stereocenters. The molecule has 0 radical (unpaired) electrons. The lowest BCUT2D eigenvalue weighted by molar-refractivity contribution is 0.409. The molecule has 0 aliphatic carbocycles. The molecule has 1 aromatic carbocycles. The van der Waals surface area contributed by atoms with Crippen LogP contribution in [-0.2, 0) is 0 Å². The second kappa shape index (κ2) is 4.61. The molecule has 1 N–H and O–H groups in total. The van der Waals surface area contributed by atoms with E-state index in [4.69, 9.17) is 9.47 Å². The van der Waals surface area contributed by atoms with E-state index in [9.17, 15) is 0 Å². The number of rotatable bonds is 3. The van der Waals surface area contributed by atoms with E-state index >= 15 is 0 Å². The molecule has 0 aliphatic heterocycles. The highest BCUT2D eigenvalue weighted by molar-refractivity contribution is 5.89. The highest BCUT2D eigenvalue weighted by Crippen LogP contribution is 2.33. The molecule has 96 valence electrons. The Morgan fingerprint density at radius 3 is 2.53 bits per heavy atom. The number of pyridine rings is 1. The average Bonchev–Trinajstić information content (AvgIpc) is 2.92. The van der Waals surface area contributed by atoms with Gasteiger partial charge in [0.1, 0.15) is 28.4 Å². The molecule has 3 aromatic rings. The van der Waals surface area contributed by atoms with Gasteiger partial charge in [0.25, 0.3) is 0 Å². The maximum Gasteiger partial charge on any atom is 0.146 e. The predicted octanol–water partition coefficient (Wildman–Crippen LogP) is 2.64. The lowest BCUT2D eigenvalue weighted by Gasteiger charge is -2.04. The van der Waals surface area contributed by atoms with Crippen LogP contribution < -0.4 is 9.47 Å². The lowest BCUT2D eigenvalue weighted by atomic mass is 10.2. The molecule has 0 aliphatic rings. The largest absolute Gasteiger partial charge is 0.494 e. The standard InChI is InChI=1S/C14H13N3O2/c1-18-10-5-6-11(19-2)13-12(10)16-14(17-13)9-4-3-7-15-8-9/h3-8H,1-2H3,(H,16,17). The first-order valence-corrected chi connectivity index (χ1v) is 5.84. The summed E-state index contributed by atoms with van der Waals surface area (Å²) >= 11 is 0. The van der Waals surface area contributed by atoms with Crippen LogP contribution in [0.2, 0.25) is 0 Å². The maximum atomic E-state index is 5.33. The number of hydrogen-bond acceptors (Lipinski definition) is 4. The number of H-pyrrole nitrogens is 1. The number of aromatic amines is 1. The van der Waals surface area contributed by atoms with E-state index in [1.165, 1.54) is 0 Å². The van der Waals surface area contributed by atoms with E-state index in [0.717, 1.165) is 28.2 Å². The maximum absolute atomic E-state index is 5.33. The number of aromatic nitrogens is 3. The number of methoxy groups -OCH3 is 2. The van der Waals surface area contributed by atoms with Gasteiger partial charge in [-0.05, 0) is 24.3 Å². The smallest absolute Gasteiger partial charge is 0.146 e. The Bertz CT molecular complexity index is 666. The minimum atomic E-state index is 0.710. The number of imidazole rings is 1. The third-order valence-corrected chi connectivity index (χ3v) is 2.94. The lowest BCUT2D eigenvalue weighted by Crippen LogP contribution is -1.88. The van der Waals surface area contributed by atoms with Gasteiger partial charge < -0.3 is 14.5 Å². The van der Waals surface area contributed by atoms with E-state index in [1.807, 2.05) is 24.3 Å². The molecule has 0 bridgehead atoms. The molecule has 2 heterocycles. The fourth-order valence-corrected chi connectivity index (χ4v) is 2.02. The zero-order valence-corrected chi connectivity index (χ0v) is 10.7. The van der Waals surface area contributed by atoms with Crippen molar-refractivity contribution in [3.8, 4) is 22.9 Å². The monoisotopic (exact) mass is 255 g/mol. The summed E-state index contributed by atoms with van der Waals surface area (Å²) in [5, 5.41) is 0. The topological polar surface area (TPSA) is 60.0 Å². The van der Waals surface area contributed by atoms with E-state index in [2.05, 4.69) is 15.0 Å². The van der Waals surface area contributed by atoms with Crippen molar-refractivity contribution in [2.75, 3.05) is 14.2 Å². The zero-order valence-electron chi connectivity index (χ0n) is 10.7. The molecule has 19 heavy (non-hydrogen) atoms. The summed E-state index contributed by atoms with van der Waals surface area (Å²) in [6.07, 6.45) is 3.49. The van der Waals surface area contributed by atoms with Gasteiger partial charge in [-0.1, -0.05) is 0 Å². The van der Waals surface area contributed by atoms with E-state index in [0.29, 0.717) is 5.75 Å². The Hall–Kier alpha value is -2.56. The normalized spacial score (nSPS) is 10.6. The molecule has 0 spiro atoms. The fraction of sp³-hybridized carbons (Fsp3) is 0.143. The molecule has 0 unspecified atom stereocenters. The molecule has 5 nitrogen and oxygen atoms in total. The molecular weight excluding hydrogens is 242 g/mol. The quantitative estimate of drug-likeness (QED) is 0.781. The Labute approximate surface area is 110 Å². The highest BCUT2D eigenvalue weighted by atomic mass is 16.5. The molecular formula is C14H13N3O2. The van der Waals surface area contributed by atoms with E-state index < -0.39 is 0 Å². The van der Waals surface area contributed by atoms with Crippen LogP contribution in [-0.4, -0.2) is 29.2 Å². The second-order valence-electron chi connectivity index (χ2n) is 4.02. The summed E-state index contributed by atoms with van der Waals surface area (Å²) in [7, 11) is 3.26. The minimum Gasteiger partial charge on any atom is -0.494 e. The van der Waals surface area contributed by atoms with Crippen LogP contribution in [0.1, 0.15) is 0 Å². The van der Waals surface area contributed by atoms with Crippen molar-refractivity contribution < 1.29 is 9.47 Å². The third kappa shape index (κ3) is 1.89. The van der Waals surface area contributed by atoms with Crippen molar-refractivity contribution in [1.82, 2.24) is 15.0 Å². The van der Waals surface area contributed by atoms with Crippen molar-refractivity contribution in [3.63, 3.8) is 0 Å². The second-order valence-corrected chi connectivity index (χ2v) is 4.02. The molecule has 3 rings (SSSR count). The first-order valence-electron chi connectivity index (χ1n) is 5.84. The van der Waals surface area contributed by atoms with Gasteiger partial charge in [0.2, 0.25) is 0 Å². The van der Waals surface area contributed by atoms with Gasteiger partial charge in [-0.2, -0.15) is 0 Å². The Morgan fingerprint density at radius 1 is 1.05 bits per heavy atom. The molecule has 0 saturated carbocycles. The predicted molar refractivity (Wildman–Crippen MR) is 72.4 cm³/mol.